The van der Waals surface area contributed by atoms with Crippen molar-refractivity contribution in [1.82, 2.24) is 0 Å². The molecule has 0 amide bonds. The molecule has 0 rings (SSSR count). The molecule has 0 heterocycles. The van der Waals surface area contributed by atoms with Gasteiger partial charge in [-0.2, -0.15) is 0 Å². The maximum atomic E-state index is 10.2. The smallest absolute Gasteiger partial charge is 0.333 e. The van der Waals surface area contributed by atoms with Gasteiger partial charge in [0, 0.05) is 0 Å². The van der Waals surface area contributed by atoms with Gasteiger partial charge in [-0.25, -0.2) is 4.79 Å². The highest BCUT2D eigenvalue weighted by atomic mass is 16.5. The molecule has 0 aromatic carbocycles. The highest BCUT2D eigenvalue weighted by molar-refractivity contribution is 5.85. The van der Waals surface area contributed by atoms with E-state index in [0.717, 1.165) is 6.42 Å². The summed E-state index contributed by atoms with van der Waals surface area (Å²) in [5.74, 6) is -1.01. The van der Waals surface area contributed by atoms with Gasteiger partial charge in [-0.15, -0.1) is 6.58 Å². The zero-order valence-corrected chi connectivity index (χ0v) is 6.38. The van der Waals surface area contributed by atoms with Crippen LogP contribution in [0.15, 0.2) is 24.8 Å². The second-order valence-corrected chi connectivity index (χ2v) is 2.04. The molecular weight excluding hydrogens is 144 g/mol. The van der Waals surface area contributed by atoms with Crippen LogP contribution in [0.2, 0.25) is 0 Å². The molecule has 3 nitrogen and oxygen atoms in total. The Balaban J connectivity index is 3.31. The molecule has 3 heteroatoms. The minimum atomic E-state index is -1.01. The van der Waals surface area contributed by atoms with E-state index in [4.69, 9.17) is 9.84 Å². The molecule has 0 saturated carbocycles. The van der Waals surface area contributed by atoms with Gasteiger partial charge in [0.1, 0.15) is 0 Å². The average Bonchev–Trinajstić information content (AvgIpc) is 1.97. The van der Waals surface area contributed by atoms with Gasteiger partial charge >= 0.3 is 5.97 Å². The molecule has 0 bridgehead atoms. The second-order valence-electron chi connectivity index (χ2n) is 2.04. The Hall–Kier alpha value is -1.09. The Bertz CT molecular complexity index is 161. The lowest BCUT2D eigenvalue weighted by Gasteiger charge is -2.00. The monoisotopic (exact) mass is 156 g/mol. The fraction of sp³-hybridized carbons (Fsp3) is 0.375. The van der Waals surface area contributed by atoms with E-state index in [0.29, 0.717) is 6.61 Å². The molecule has 0 aliphatic carbocycles. The summed E-state index contributed by atoms with van der Waals surface area (Å²) < 4.78 is 4.95. The molecule has 1 N–H and O–H groups in total. The number of carboxylic acid groups (broad SMARTS) is 1. The summed E-state index contributed by atoms with van der Waals surface area (Å²) in [6, 6.07) is 0. The lowest BCUT2D eigenvalue weighted by atomic mass is 10.3. The topological polar surface area (TPSA) is 46.5 Å². The maximum absolute atomic E-state index is 10.2. The number of ether oxygens (including phenoxy) is 1. The predicted octanol–water partition coefficient (Wildman–Crippen LogP) is 1.22. The molecule has 0 aromatic heterocycles. The minimum absolute atomic E-state index is 0.0778. The fourth-order valence-corrected chi connectivity index (χ4v) is 0.424. The summed E-state index contributed by atoms with van der Waals surface area (Å²) in [4.78, 5) is 10.2. The molecule has 11 heavy (non-hydrogen) atoms. The fourth-order valence-electron chi connectivity index (χ4n) is 0.424. The minimum Gasteiger partial charge on any atom is -0.478 e. The van der Waals surface area contributed by atoms with Gasteiger partial charge in [0.05, 0.1) is 18.8 Å². The van der Waals surface area contributed by atoms with Crippen molar-refractivity contribution in [2.75, 3.05) is 13.2 Å². The third kappa shape index (κ3) is 5.36. The van der Waals surface area contributed by atoms with Crippen LogP contribution in [-0.4, -0.2) is 24.3 Å². The zero-order valence-electron chi connectivity index (χ0n) is 6.38. The highest BCUT2D eigenvalue weighted by Crippen LogP contribution is 1.92. The molecule has 0 spiro atoms. The van der Waals surface area contributed by atoms with Gasteiger partial charge in [0.2, 0.25) is 0 Å². The second kappa shape index (κ2) is 5.68. The normalized spacial score (nSPS) is 9.09. The first kappa shape index (κ1) is 9.91. The van der Waals surface area contributed by atoms with Gasteiger partial charge < -0.3 is 9.84 Å². The van der Waals surface area contributed by atoms with Crippen molar-refractivity contribution < 1.29 is 14.6 Å². The summed E-state index contributed by atoms with van der Waals surface area (Å²) in [7, 11) is 0. The van der Waals surface area contributed by atoms with Gasteiger partial charge in [-0.1, -0.05) is 12.7 Å². The van der Waals surface area contributed by atoms with Crippen molar-refractivity contribution in [3.8, 4) is 0 Å². The van der Waals surface area contributed by atoms with Crippen molar-refractivity contribution >= 4 is 5.97 Å². The number of hydrogen-bond acceptors (Lipinski definition) is 2. The Labute approximate surface area is 66.0 Å². The molecule has 0 atom stereocenters. The molecule has 0 fully saturated rings. The van der Waals surface area contributed by atoms with Crippen LogP contribution in [0.5, 0.6) is 0 Å². The van der Waals surface area contributed by atoms with Gasteiger partial charge in [-0.3, -0.25) is 0 Å². The first-order valence-electron chi connectivity index (χ1n) is 3.28. The van der Waals surface area contributed by atoms with Crippen molar-refractivity contribution in [3.63, 3.8) is 0 Å². The van der Waals surface area contributed by atoms with Gasteiger partial charge in [-0.05, 0) is 6.42 Å². The Morgan fingerprint density at radius 3 is 2.73 bits per heavy atom. The van der Waals surface area contributed by atoms with Crippen LogP contribution in [0.3, 0.4) is 0 Å². The molecule has 0 aliphatic heterocycles. The predicted molar refractivity (Wildman–Crippen MR) is 42.4 cm³/mol. The average molecular weight is 156 g/mol. The molecule has 0 saturated heterocycles. The molecule has 62 valence electrons. The van der Waals surface area contributed by atoms with E-state index in [2.05, 4.69) is 13.2 Å². The summed E-state index contributed by atoms with van der Waals surface area (Å²) in [6.07, 6.45) is 2.44. The third-order valence-corrected chi connectivity index (χ3v) is 1.05. The summed E-state index contributed by atoms with van der Waals surface area (Å²) in [5, 5.41) is 8.34. The summed E-state index contributed by atoms with van der Waals surface area (Å²) >= 11 is 0. The largest absolute Gasteiger partial charge is 0.478 e. The van der Waals surface area contributed by atoms with E-state index in [1.54, 1.807) is 6.08 Å². The van der Waals surface area contributed by atoms with E-state index in [1.807, 2.05) is 0 Å². The Morgan fingerprint density at radius 2 is 2.27 bits per heavy atom. The number of hydrogen-bond donors (Lipinski definition) is 1. The number of rotatable bonds is 6. The number of aliphatic carboxylic acids is 1. The van der Waals surface area contributed by atoms with Gasteiger partial charge in [0.15, 0.2) is 0 Å². The lowest BCUT2D eigenvalue weighted by molar-refractivity contribution is -0.133. The molecule has 0 aromatic rings. The van der Waals surface area contributed by atoms with E-state index < -0.39 is 5.97 Å². The SMILES string of the molecule is C=CCCOCC(=C)C(=O)O. The van der Waals surface area contributed by atoms with Crippen LogP contribution >= 0.6 is 0 Å². The van der Waals surface area contributed by atoms with Crippen LogP contribution in [0.1, 0.15) is 6.42 Å². The number of carbonyl (C=O) groups is 1. The van der Waals surface area contributed by atoms with Crippen LogP contribution < -0.4 is 0 Å². The van der Waals surface area contributed by atoms with E-state index in [1.165, 1.54) is 0 Å². The van der Waals surface area contributed by atoms with E-state index in [-0.39, 0.29) is 12.2 Å². The van der Waals surface area contributed by atoms with Crippen LogP contribution in [0.4, 0.5) is 0 Å². The van der Waals surface area contributed by atoms with Crippen molar-refractivity contribution in [3.05, 3.63) is 24.8 Å². The molecule has 0 radical (unpaired) electrons. The zero-order chi connectivity index (χ0) is 8.69. The first-order valence-corrected chi connectivity index (χ1v) is 3.28. The summed E-state index contributed by atoms with van der Waals surface area (Å²) in [5.41, 5.74) is 0.0778. The van der Waals surface area contributed by atoms with Crippen LogP contribution in [0.25, 0.3) is 0 Å². The van der Waals surface area contributed by atoms with E-state index in [9.17, 15) is 4.79 Å². The first-order chi connectivity index (χ1) is 5.18. The van der Waals surface area contributed by atoms with Gasteiger partial charge in [0.25, 0.3) is 0 Å². The quantitative estimate of drug-likeness (QED) is 0.357. The number of carboxylic acids is 1. The lowest BCUT2D eigenvalue weighted by Crippen LogP contribution is -2.07. The molecule has 0 aliphatic rings. The van der Waals surface area contributed by atoms with E-state index >= 15 is 0 Å². The molecule has 0 unspecified atom stereocenters. The van der Waals surface area contributed by atoms with Crippen molar-refractivity contribution in [2.45, 2.75) is 6.42 Å². The third-order valence-electron chi connectivity index (χ3n) is 1.05. The Kier molecular flexibility index (Phi) is 5.11. The Morgan fingerprint density at radius 1 is 1.64 bits per heavy atom. The van der Waals surface area contributed by atoms with Crippen LogP contribution in [0, 0.1) is 0 Å². The van der Waals surface area contributed by atoms with Crippen LogP contribution in [-0.2, 0) is 9.53 Å². The van der Waals surface area contributed by atoms with Crippen molar-refractivity contribution in [1.29, 1.82) is 0 Å². The maximum Gasteiger partial charge on any atom is 0.333 e. The summed E-state index contributed by atoms with van der Waals surface area (Å²) in [6.45, 7) is 7.38. The van der Waals surface area contributed by atoms with Crippen molar-refractivity contribution in [2.24, 2.45) is 0 Å². The highest BCUT2D eigenvalue weighted by Gasteiger charge is 2.01. The standard InChI is InChI=1S/C8H12O3/c1-3-4-5-11-6-7(2)8(9)10/h3H,1-2,4-6H2,(H,9,10). The molecular formula is C8H12O3.